The minimum atomic E-state index is 0.779. The SMILES string of the molecule is CN=C(NCCCN1CCN(Cc2ccccc2)CC1)N(C)CCOCC1CC1. The lowest BCUT2D eigenvalue weighted by Gasteiger charge is -2.34. The third kappa shape index (κ3) is 8.33. The van der Waals surface area contributed by atoms with Gasteiger partial charge in [-0.05, 0) is 37.3 Å². The van der Waals surface area contributed by atoms with Crippen LogP contribution in [0.5, 0.6) is 0 Å². The Morgan fingerprint density at radius 2 is 1.86 bits per heavy atom. The second kappa shape index (κ2) is 12.2. The quantitative estimate of drug-likeness (QED) is 0.350. The lowest BCUT2D eigenvalue weighted by atomic mass is 10.2. The van der Waals surface area contributed by atoms with Gasteiger partial charge in [0.1, 0.15) is 0 Å². The maximum atomic E-state index is 5.74. The maximum absolute atomic E-state index is 5.74. The Labute approximate surface area is 176 Å². The Morgan fingerprint density at radius 1 is 1.14 bits per heavy atom. The van der Waals surface area contributed by atoms with Crippen molar-refractivity contribution in [1.29, 1.82) is 0 Å². The Morgan fingerprint density at radius 3 is 2.55 bits per heavy atom. The number of hydrogen-bond acceptors (Lipinski definition) is 4. The van der Waals surface area contributed by atoms with E-state index in [1.165, 1.54) is 31.5 Å². The van der Waals surface area contributed by atoms with Gasteiger partial charge in [-0.1, -0.05) is 30.3 Å². The van der Waals surface area contributed by atoms with E-state index < -0.39 is 0 Å². The molecular formula is C23H39N5O. The Hall–Kier alpha value is -1.63. The van der Waals surface area contributed by atoms with Crippen LogP contribution in [-0.4, -0.2) is 93.8 Å². The van der Waals surface area contributed by atoms with E-state index in [0.717, 1.165) is 70.8 Å². The molecule has 0 amide bonds. The van der Waals surface area contributed by atoms with Crippen molar-refractivity contribution in [2.24, 2.45) is 10.9 Å². The van der Waals surface area contributed by atoms with Gasteiger partial charge < -0.3 is 19.9 Å². The molecular weight excluding hydrogens is 362 g/mol. The van der Waals surface area contributed by atoms with Crippen LogP contribution in [0, 0.1) is 5.92 Å². The van der Waals surface area contributed by atoms with Crippen LogP contribution in [-0.2, 0) is 11.3 Å². The monoisotopic (exact) mass is 401 g/mol. The summed E-state index contributed by atoms with van der Waals surface area (Å²) >= 11 is 0. The topological polar surface area (TPSA) is 43.3 Å². The van der Waals surface area contributed by atoms with Gasteiger partial charge in [-0.15, -0.1) is 0 Å². The van der Waals surface area contributed by atoms with Gasteiger partial charge in [-0.2, -0.15) is 0 Å². The van der Waals surface area contributed by atoms with Crippen molar-refractivity contribution in [3.63, 3.8) is 0 Å². The van der Waals surface area contributed by atoms with Crippen molar-refractivity contribution in [2.75, 3.05) is 73.1 Å². The molecule has 2 fully saturated rings. The maximum Gasteiger partial charge on any atom is 0.193 e. The molecule has 6 nitrogen and oxygen atoms in total. The van der Waals surface area contributed by atoms with Gasteiger partial charge in [-0.25, -0.2) is 0 Å². The molecule has 0 atom stereocenters. The molecule has 1 aliphatic carbocycles. The number of hydrogen-bond donors (Lipinski definition) is 1. The van der Waals surface area contributed by atoms with E-state index in [9.17, 15) is 0 Å². The van der Waals surface area contributed by atoms with Crippen molar-refractivity contribution < 1.29 is 4.74 Å². The molecule has 29 heavy (non-hydrogen) atoms. The van der Waals surface area contributed by atoms with Gasteiger partial charge in [0, 0.05) is 66.5 Å². The molecule has 1 aliphatic heterocycles. The highest BCUT2D eigenvalue weighted by molar-refractivity contribution is 5.79. The molecule has 0 radical (unpaired) electrons. The molecule has 1 saturated heterocycles. The first-order valence-electron chi connectivity index (χ1n) is 11.2. The van der Waals surface area contributed by atoms with Gasteiger partial charge in [0.15, 0.2) is 5.96 Å². The molecule has 1 aromatic carbocycles. The summed E-state index contributed by atoms with van der Waals surface area (Å²) in [7, 11) is 3.94. The summed E-state index contributed by atoms with van der Waals surface area (Å²) in [6.07, 6.45) is 3.84. The Balaban J connectivity index is 1.23. The van der Waals surface area contributed by atoms with Crippen LogP contribution in [0.1, 0.15) is 24.8 Å². The van der Waals surface area contributed by atoms with Crippen LogP contribution in [0.2, 0.25) is 0 Å². The number of rotatable bonds is 11. The van der Waals surface area contributed by atoms with Gasteiger partial charge in [-0.3, -0.25) is 9.89 Å². The standard InChI is InChI=1S/C23H39N5O/c1-24-23(26(2)17-18-29-20-22-9-10-22)25-11-6-12-27-13-15-28(16-14-27)19-21-7-4-3-5-8-21/h3-5,7-8,22H,6,9-20H2,1-2H3,(H,24,25). The summed E-state index contributed by atoms with van der Waals surface area (Å²) in [5.41, 5.74) is 1.42. The van der Waals surface area contributed by atoms with Crippen molar-refractivity contribution in [1.82, 2.24) is 20.0 Å². The zero-order valence-corrected chi connectivity index (χ0v) is 18.4. The summed E-state index contributed by atoms with van der Waals surface area (Å²) in [4.78, 5) is 11.7. The lowest BCUT2D eigenvalue weighted by Crippen LogP contribution is -2.47. The third-order valence-corrected chi connectivity index (χ3v) is 5.84. The molecule has 0 unspecified atom stereocenters. The van der Waals surface area contributed by atoms with Gasteiger partial charge in [0.05, 0.1) is 6.61 Å². The molecule has 1 saturated carbocycles. The summed E-state index contributed by atoms with van der Waals surface area (Å²) in [5, 5.41) is 3.50. The van der Waals surface area contributed by atoms with E-state index in [1.54, 1.807) is 0 Å². The zero-order chi connectivity index (χ0) is 20.3. The predicted octanol–water partition coefficient (Wildman–Crippen LogP) is 2.13. The van der Waals surface area contributed by atoms with Crippen LogP contribution in [0.25, 0.3) is 0 Å². The average molecular weight is 402 g/mol. The number of aliphatic imine (C=N–C) groups is 1. The van der Waals surface area contributed by atoms with Crippen LogP contribution < -0.4 is 5.32 Å². The third-order valence-electron chi connectivity index (χ3n) is 5.84. The van der Waals surface area contributed by atoms with Crippen LogP contribution in [0.4, 0.5) is 0 Å². The molecule has 1 N–H and O–H groups in total. The molecule has 162 valence electrons. The second-order valence-corrected chi connectivity index (χ2v) is 8.37. The fourth-order valence-corrected chi connectivity index (χ4v) is 3.74. The largest absolute Gasteiger partial charge is 0.379 e. The molecule has 1 aromatic rings. The molecule has 0 aromatic heterocycles. The predicted molar refractivity (Wildman–Crippen MR) is 120 cm³/mol. The van der Waals surface area contributed by atoms with Crippen LogP contribution in [0.15, 0.2) is 35.3 Å². The van der Waals surface area contributed by atoms with Crippen molar-refractivity contribution >= 4 is 5.96 Å². The number of benzene rings is 1. The second-order valence-electron chi connectivity index (χ2n) is 8.37. The van der Waals surface area contributed by atoms with Gasteiger partial charge in [0.2, 0.25) is 0 Å². The number of ether oxygens (including phenoxy) is 1. The smallest absolute Gasteiger partial charge is 0.193 e. The van der Waals surface area contributed by atoms with E-state index in [1.807, 2.05) is 7.05 Å². The fraction of sp³-hybridized carbons (Fsp3) is 0.696. The van der Waals surface area contributed by atoms with E-state index in [0.29, 0.717) is 0 Å². The zero-order valence-electron chi connectivity index (χ0n) is 18.4. The summed E-state index contributed by atoms with van der Waals surface area (Å²) in [6.45, 7) is 10.4. The molecule has 0 bridgehead atoms. The fourth-order valence-electron chi connectivity index (χ4n) is 3.74. The van der Waals surface area contributed by atoms with Crippen molar-refractivity contribution in [3.05, 3.63) is 35.9 Å². The summed E-state index contributed by atoms with van der Waals surface area (Å²) in [5.74, 6) is 1.80. The molecule has 2 aliphatic rings. The first-order chi connectivity index (χ1) is 14.2. The number of likely N-dealkylation sites (N-methyl/N-ethyl adjacent to an activating group) is 1. The van der Waals surface area contributed by atoms with E-state index in [4.69, 9.17) is 4.74 Å². The number of piperazine rings is 1. The Kier molecular flexibility index (Phi) is 9.25. The molecule has 1 heterocycles. The highest BCUT2D eigenvalue weighted by Crippen LogP contribution is 2.28. The average Bonchev–Trinajstić information content (AvgIpc) is 3.57. The molecule has 3 rings (SSSR count). The normalized spacial score (nSPS) is 18.8. The molecule has 0 spiro atoms. The summed E-state index contributed by atoms with van der Waals surface area (Å²) in [6, 6.07) is 10.8. The van der Waals surface area contributed by atoms with Crippen molar-refractivity contribution in [2.45, 2.75) is 25.8 Å². The van der Waals surface area contributed by atoms with E-state index in [2.05, 4.69) is 62.4 Å². The van der Waals surface area contributed by atoms with Crippen LogP contribution >= 0.6 is 0 Å². The number of guanidine groups is 1. The highest BCUT2D eigenvalue weighted by Gasteiger charge is 2.21. The van der Waals surface area contributed by atoms with E-state index >= 15 is 0 Å². The Bertz CT molecular complexity index is 597. The summed E-state index contributed by atoms with van der Waals surface area (Å²) < 4.78 is 5.74. The van der Waals surface area contributed by atoms with Crippen molar-refractivity contribution in [3.8, 4) is 0 Å². The number of nitrogens with one attached hydrogen (secondary N) is 1. The van der Waals surface area contributed by atoms with Gasteiger partial charge >= 0.3 is 0 Å². The minimum Gasteiger partial charge on any atom is -0.379 e. The number of nitrogens with zero attached hydrogens (tertiary/aromatic N) is 4. The first-order valence-corrected chi connectivity index (χ1v) is 11.2. The lowest BCUT2D eigenvalue weighted by molar-refractivity contribution is 0.115. The first kappa shape index (κ1) is 22.1. The highest BCUT2D eigenvalue weighted by atomic mass is 16.5. The van der Waals surface area contributed by atoms with Gasteiger partial charge in [0.25, 0.3) is 0 Å². The van der Waals surface area contributed by atoms with Crippen LogP contribution in [0.3, 0.4) is 0 Å². The molecule has 6 heteroatoms. The van der Waals surface area contributed by atoms with E-state index in [-0.39, 0.29) is 0 Å². The minimum absolute atomic E-state index is 0.779.